The van der Waals surface area contributed by atoms with Crippen LogP contribution in [0.5, 0.6) is 0 Å². The molecule has 3 heterocycles. The number of nitrogens with one attached hydrogen (secondary N) is 2. The fourth-order valence-electron chi connectivity index (χ4n) is 2.91. The summed E-state index contributed by atoms with van der Waals surface area (Å²) >= 11 is 0. The second kappa shape index (κ2) is 5.41. The number of anilines is 1. The Balaban J connectivity index is 1.52. The third-order valence-corrected chi connectivity index (χ3v) is 4.16. The summed E-state index contributed by atoms with van der Waals surface area (Å²) in [6.45, 7) is 5.08. The lowest BCUT2D eigenvalue weighted by Crippen LogP contribution is -2.50. The minimum absolute atomic E-state index is 0.0505. The van der Waals surface area contributed by atoms with Gasteiger partial charge in [0.05, 0.1) is 24.1 Å². The third-order valence-electron chi connectivity index (χ3n) is 4.16. The molecule has 3 rings (SSSR count). The summed E-state index contributed by atoms with van der Waals surface area (Å²) in [5.74, 6) is -0.251. The van der Waals surface area contributed by atoms with Crippen molar-refractivity contribution >= 4 is 11.6 Å². The maximum Gasteiger partial charge on any atom is 0.274 e. The molecule has 2 aliphatic rings. The van der Waals surface area contributed by atoms with Gasteiger partial charge in [-0.25, -0.2) is 0 Å². The monoisotopic (exact) mass is 279 g/mol. The van der Waals surface area contributed by atoms with Crippen LogP contribution < -0.4 is 11.1 Å². The van der Waals surface area contributed by atoms with E-state index in [1.165, 1.54) is 12.8 Å². The fourth-order valence-corrected chi connectivity index (χ4v) is 2.91. The van der Waals surface area contributed by atoms with Gasteiger partial charge in [-0.3, -0.25) is 14.8 Å². The molecular weight excluding hydrogens is 258 g/mol. The highest BCUT2D eigenvalue weighted by Crippen LogP contribution is 2.22. The van der Waals surface area contributed by atoms with Gasteiger partial charge in [0, 0.05) is 19.1 Å². The highest BCUT2D eigenvalue weighted by molar-refractivity contribution is 5.97. The van der Waals surface area contributed by atoms with E-state index in [1.54, 1.807) is 6.92 Å². The first-order valence-electron chi connectivity index (χ1n) is 7.09. The Morgan fingerprint density at radius 1 is 1.65 bits per heavy atom. The topological polar surface area (TPSA) is 96.3 Å². The van der Waals surface area contributed by atoms with Crippen molar-refractivity contribution < 1.29 is 9.53 Å². The van der Waals surface area contributed by atoms with Crippen molar-refractivity contribution in [3.05, 3.63) is 11.4 Å². The first-order valence-corrected chi connectivity index (χ1v) is 7.09. The maximum atomic E-state index is 12.0. The van der Waals surface area contributed by atoms with Crippen LogP contribution in [0.1, 0.15) is 29.0 Å². The number of aromatic amines is 1. The van der Waals surface area contributed by atoms with E-state index in [0.29, 0.717) is 24.0 Å². The SMILES string of the molecule is Cc1[nH]nc(C(=O)NCC2CN3CCCC3CO2)c1N. The van der Waals surface area contributed by atoms with Crippen LogP contribution in [0.4, 0.5) is 5.69 Å². The molecule has 1 aromatic rings. The van der Waals surface area contributed by atoms with Crippen LogP contribution >= 0.6 is 0 Å². The predicted molar refractivity (Wildman–Crippen MR) is 74.4 cm³/mol. The molecule has 0 radical (unpaired) electrons. The van der Waals surface area contributed by atoms with Crippen molar-refractivity contribution in [1.82, 2.24) is 20.4 Å². The zero-order valence-electron chi connectivity index (χ0n) is 11.7. The number of nitrogens with zero attached hydrogens (tertiary/aromatic N) is 2. The number of aryl methyl sites for hydroxylation is 1. The number of carbonyl (C=O) groups is 1. The van der Waals surface area contributed by atoms with Gasteiger partial charge in [-0.05, 0) is 26.3 Å². The molecule has 0 aliphatic carbocycles. The van der Waals surface area contributed by atoms with Crippen LogP contribution in [-0.4, -0.2) is 59.4 Å². The Kier molecular flexibility index (Phi) is 3.62. The summed E-state index contributed by atoms with van der Waals surface area (Å²) in [6, 6.07) is 0.576. The van der Waals surface area contributed by atoms with Gasteiger partial charge in [0.25, 0.3) is 5.91 Å². The number of aromatic nitrogens is 2. The van der Waals surface area contributed by atoms with Crippen molar-refractivity contribution in [2.24, 2.45) is 0 Å². The average molecular weight is 279 g/mol. The number of hydrogen-bond acceptors (Lipinski definition) is 5. The summed E-state index contributed by atoms with van der Waals surface area (Å²) in [5.41, 5.74) is 7.17. The van der Waals surface area contributed by atoms with E-state index in [1.807, 2.05) is 0 Å². The van der Waals surface area contributed by atoms with Gasteiger partial charge in [0.2, 0.25) is 0 Å². The second-order valence-electron chi connectivity index (χ2n) is 5.57. The molecule has 0 saturated carbocycles. The molecule has 2 aliphatic heterocycles. The maximum absolute atomic E-state index is 12.0. The highest BCUT2D eigenvalue weighted by Gasteiger charge is 2.32. The van der Waals surface area contributed by atoms with Crippen LogP contribution in [0.2, 0.25) is 0 Å². The minimum Gasteiger partial charge on any atom is -0.395 e. The van der Waals surface area contributed by atoms with Crippen LogP contribution in [-0.2, 0) is 4.74 Å². The van der Waals surface area contributed by atoms with Crippen molar-refractivity contribution in [3.63, 3.8) is 0 Å². The molecule has 0 aromatic carbocycles. The quantitative estimate of drug-likeness (QED) is 0.717. The Morgan fingerprint density at radius 3 is 3.25 bits per heavy atom. The van der Waals surface area contributed by atoms with E-state index in [4.69, 9.17) is 10.5 Å². The zero-order valence-corrected chi connectivity index (χ0v) is 11.7. The van der Waals surface area contributed by atoms with E-state index in [9.17, 15) is 4.79 Å². The number of H-pyrrole nitrogens is 1. The molecule has 1 amide bonds. The Labute approximate surface area is 117 Å². The Hall–Kier alpha value is -1.60. The summed E-state index contributed by atoms with van der Waals surface area (Å²) in [6.07, 6.45) is 2.52. The number of amides is 1. The van der Waals surface area contributed by atoms with Gasteiger partial charge >= 0.3 is 0 Å². The number of ether oxygens (including phenoxy) is 1. The Bertz CT molecular complexity index is 501. The molecule has 2 atom stereocenters. The van der Waals surface area contributed by atoms with Crippen molar-refractivity contribution in [2.75, 3.05) is 32.0 Å². The number of nitrogens with two attached hydrogens (primary N) is 1. The van der Waals surface area contributed by atoms with Crippen molar-refractivity contribution in [3.8, 4) is 0 Å². The van der Waals surface area contributed by atoms with E-state index in [2.05, 4.69) is 20.4 Å². The summed E-state index contributed by atoms with van der Waals surface area (Å²) in [7, 11) is 0. The molecule has 2 fully saturated rings. The molecule has 0 bridgehead atoms. The molecule has 4 N–H and O–H groups in total. The minimum atomic E-state index is -0.251. The number of rotatable bonds is 3. The number of carbonyl (C=O) groups excluding carboxylic acids is 1. The Morgan fingerprint density at radius 2 is 2.50 bits per heavy atom. The normalized spacial score (nSPS) is 26.4. The summed E-state index contributed by atoms with van der Waals surface area (Å²) < 4.78 is 5.80. The molecule has 2 saturated heterocycles. The molecule has 7 heteroatoms. The molecule has 1 aromatic heterocycles. The van der Waals surface area contributed by atoms with Gasteiger partial charge in [0.15, 0.2) is 5.69 Å². The van der Waals surface area contributed by atoms with Gasteiger partial charge < -0.3 is 15.8 Å². The first kappa shape index (κ1) is 13.4. The van der Waals surface area contributed by atoms with E-state index in [-0.39, 0.29) is 17.7 Å². The first-order chi connectivity index (χ1) is 9.65. The fraction of sp³-hybridized carbons (Fsp3) is 0.692. The molecule has 110 valence electrons. The zero-order chi connectivity index (χ0) is 14.1. The largest absolute Gasteiger partial charge is 0.395 e. The lowest BCUT2D eigenvalue weighted by Gasteiger charge is -2.35. The van der Waals surface area contributed by atoms with Crippen LogP contribution in [0.3, 0.4) is 0 Å². The van der Waals surface area contributed by atoms with Crippen molar-refractivity contribution in [2.45, 2.75) is 31.9 Å². The van der Waals surface area contributed by atoms with Gasteiger partial charge in [0.1, 0.15) is 0 Å². The molecule has 0 spiro atoms. The standard InChI is InChI=1S/C13H21N5O2/c1-8-11(14)12(17-16-8)13(19)15-5-10-6-18-4-2-3-9(18)7-20-10/h9-10H,2-7,14H2,1H3,(H,15,19)(H,16,17). The van der Waals surface area contributed by atoms with Crippen molar-refractivity contribution in [1.29, 1.82) is 0 Å². The number of morpholine rings is 1. The predicted octanol–water partition coefficient (Wildman–Crippen LogP) is -0.107. The van der Waals surface area contributed by atoms with Crippen LogP contribution in [0.25, 0.3) is 0 Å². The smallest absolute Gasteiger partial charge is 0.274 e. The molecule has 7 nitrogen and oxygen atoms in total. The van der Waals surface area contributed by atoms with E-state index >= 15 is 0 Å². The number of fused-ring (bicyclic) bond motifs is 1. The number of hydrogen-bond donors (Lipinski definition) is 3. The second-order valence-corrected chi connectivity index (χ2v) is 5.57. The molecular formula is C13H21N5O2. The third kappa shape index (κ3) is 2.51. The highest BCUT2D eigenvalue weighted by atomic mass is 16.5. The average Bonchev–Trinajstić information content (AvgIpc) is 3.03. The van der Waals surface area contributed by atoms with E-state index in [0.717, 1.165) is 19.7 Å². The summed E-state index contributed by atoms with van der Waals surface area (Å²) in [4.78, 5) is 14.5. The van der Waals surface area contributed by atoms with E-state index < -0.39 is 0 Å². The van der Waals surface area contributed by atoms with Gasteiger partial charge in [-0.2, -0.15) is 5.10 Å². The van der Waals surface area contributed by atoms with Crippen LogP contribution in [0, 0.1) is 6.92 Å². The number of nitrogen functional groups attached to an aromatic ring is 1. The summed E-state index contributed by atoms with van der Waals surface area (Å²) in [5, 5.41) is 9.48. The lowest BCUT2D eigenvalue weighted by molar-refractivity contribution is -0.0462. The molecule has 20 heavy (non-hydrogen) atoms. The van der Waals surface area contributed by atoms with Gasteiger partial charge in [-0.1, -0.05) is 0 Å². The molecule has 2 unspecified atom stereocenters. The van der Waals surface area contributed by atoms with Crippen LogP contribution in [0.15, 0.2) is 0 Å². The van der Waals surface area contributed by atoms with Gasteiger partial charge in [-0.15, -0.1) is 0 Å². The lowest BCUT2D eigenvalue weighted by atomic mass is 10.2.